The summed E-state index contributed by atoms with van der Waals surface area (Å²) in [6.07, 6.45) is 0.192. The molecule has 0 aromatic carbocycles. The molecule has 0 bridgehead atoms. The monoisotopic (exact) mass is 217 g/mol. The average molecular weight is 217 g/mol. The molecule has 0 aliphatic carbocycles. The topological polar surface area (TPSA) is 136 Å². The standard InChI is InChI=1S/C8H15N3O4/c9-3-1-2-7(13)11-5(8(14)15)4-6(10)12/h5H,1-4,9H2,(H2,10,12)(H,11,13)(H,14,15)/t5-/m0/s1. The van der Waals surface area contributed by atoms with Crippen LogP contribution in [0, 0.1) is 0 Å². The molecule has 6 N–H and O–H groups in total. The Hall–Kier alpha value is -1.63. The fourth-order valence-corrected chi connectivity index (χ4v) is 0.930. The lowest BCUT2D eigenvalue weighted by Gasteiger charge is -2.12. The summed E-state index contributed by atoms with van der Waals surface area (Å²) in [6, 6.07) is -1.26. The van der Waals surface area contributed by atoms with Crippen LogP contribution in [-0.2, 0) is 14.4 Å². The Bertz CT molecular complexity index is 254. The molecule has 0 unspecified atom stereocenters. The maximum atomic E-state index is 11.1. The van der Waals surface area contributed by atoms with Gasteiger partial charge in [0.05, 0.1) is 6.42 Å². The predicted molar refractivity (Wildman–Crippen MR) is 51.7 cm³/mol. The SMILES string of the molecule is NCCCC(=O)N[C@@H](CC(N)=O)C(=O)O. The van der Waals surface area contributed by atoms with E-state index in [1.807, 2.05) is 0 Å². The lowest BCUT2D eigenvalue weighted by atomic mass is 10.2. The third kappa shape index (κ3) is 6.44. The zero-order valence-corrected chi connectivity index (χ0v) is 8.23. The summed E-state index contributed by atoms with van der Waals surface area (Å²) in [5.74, 6) is -2.51. The summed E-state index contributed by atoms with van der Waals surface area (Å²) < 4.78 is 0. The molecule has 15 heavy (non-hydrogen) atoms. The molecule has 0 aromatic rings. The maximum Gasteiger partial charge on any atom is 0.326 e. The van der Waals surface area contributed by atoms with E-state index in [9.17, 15) is 14.4 Å². The van der Waals surface area contributed by atoms with Crippen molar-refractivity contribution in [2.75, 3.05) is 6.54 Å². The van der Waals surface area contributed by atoms with Gasteiger partial charge in [-0.25, -0.2) is 4.79 Å². The van der Waals surface area contributed by atoms with Crippen molar-refractivity contribution >= 4 is 17.8 Å². The predicted octanol–water partition coefficient (Wildman–Crippen LogP) is -1.83. The molecule has 0 aliphatic rings. The first-order valence-electron chi connectivity index (χ1n) is 4.48. The summed E-state index contributed by atoms with van der Waals surface area (Å²) in [7, 11) is 0. The second-order valence-corrected chi connectivity index (χ2v) is 3.02. The Labute approximate surface area is 86.8 Å². The summed E-state index contributed by atoms with van der Waals surface area (Å²) in [5.41, 5.74) is 10.0. The van der Waals surface area contributed by atoms with Crippen LogP contribution in [0.4, 0.5) is 0 Å². The number of carbonyl (C=O) groups is 3. The van der Waals surface area contributed by atoms with Gasteiger partial charge in [0.25, 0.3) is 0 Å². The van der Waals surface area contributed by atoms with Crippen LogP contribution in [0.25, 0.3) is 0 Å². The maximum absolute atomic E-state index is 11.1. The van der Waals surface area contributed by atoms with Crippen molar-refractivity contribution in [2.45, 2.75) is 25.3 Å². The number of rotatable bonds is 7. The highest BCUT2D eigenvalue weighted by atomic mass is 16.4. The fraction of sp³-hybridized carbons (Fsp3) is 0.625. The number of nitrogens with one attached hydrogen (secondary N) is 1. The highest BCUT2D eigenvalue weighted by molar-refractivity contribution is 5.88. The molecule has 0 saturated carbocycles. The highest BCUT2D eigenvalue weighted by Crippen LogP contribution is 1.94. The van der Waals surface area contributed by atoms with Crippen molar-refractivity contribution in [3.63, 3.8) is 0 Å². The largest absolute Gasteiger partial charge is 0.480 e. The van der Waals surface area contributed by atoms with E-state index < -0.39 is 30.2 Å². The van der Waals surface area contributed by atoms with Crippen molar-refractivity contribution in [3.05, 3.63) is 0 Å². The smallest absolute Gasteiger partial charge is 0.326 e. The van der Waals surface area contributed by atoms with Crippen molar-refractivity contribution in [1.82, 2.24) is 5.32 Å². The number of carbonyl (C=O) groups excluding carboxylic acids is 2. The van der Waals surface area contributed by atoms with Gasteiger partial charge in [-0.2, -0.15) is 0 Å². The second-order valence-electron chi connectivity index (χ2n) is 3.02. The number of hydrogen-bond donors (Lipinski definition) is 4. The summed E-state index contributed by atoms with van der Waals surface area (Å²) >= 11 is 0. The Morgan fingerprint density at radius 3 is 2.33 bits per heavy atom. The number of aliphatic carboxylic acids is 1. The molecule has 0 radical (unpaired) electrons. The van der Waals surface area contributed by atoms with Crippen molar-refractivity contribution in [2.24, 2.45) is 11.5 Å². The van der Waals surface area contributed by atoms with Crippen LogP contribution in [-0.4, -0.2) is 35.5 Å². The molecule has 1 atom stereocenters. The van der Waals surface area contributed by atoms with Crippen LogP contribution < -0.4 is 16.8 Å². The minimum absolute atomic E-state index is 0.138. The Balaban J connectivity index is 4.10. The number of amides is 2. The molecule has 0 aromatic heterocycles. The number of carboxylic acids is 1. The van der Waals surface area contributed by atoms with Gasteiger partial charge in [-0.05, 0) is 13.0 Å². The number of primary amides is 1. The summed E-state index contributed by atoms with van der Waals surface area (Å²) in [4.78, 5) is 32.2. The molecule has 0 aliphatic heterocycles. The zero-order valence-electron chi connectivity index (χ0n) is 8.23. The first kappa shape index (κ1) is 13.4. The lowest BCUT2D eigenvalue weighted by Crippen LogP contribution is -2.43. The van der Waals surface area contributed by atoms with Gasteiger partial charge in [-0.15, -0.1) is 0 Å². The third-order valence-electron chi connectivity index (χ3n) is 1.65. The molecule has 0 fully saturated rings. The van der Waals surface area contributed by atoms with Crippen LogP contribution in [0.2, 0.25) is 0 Å². The molecular weight excluding hydrogens is 202 g/mol. The molecule has 2 amide bonds. The summed E-state index contributed by atoms with van der Waals surface area (Å²) in [5, 5.41) is 10.8. The molecular formula is C8H15N3O4. The second kappa shape index (κ2) is 6.77. The Kier molecular flexibility index (Phi) is 6.03. The number of nitrogens with two attached hydrogens (primary N) is 2. The van der Waals surface area contributed by atoms with E-state index in [-0.39, 0.29) is 6.42 Å². The van der Waals surface area contributed by atoms with Gasteiger partial charge in [0, 0.05) is 6.42 Å². The first-order chi connectivity index (χ1) is 6.97. The van der Waals surface area contributed by atoms with Crippen LogP contribution >= 0.6 is 0 Å². The molecule has 0 rings (SSSR count). The van der Waals surface area contributed by atoms with Crippen LogP contribution in [0.5, 0.6) is 0 Å². The van der Waals surface area contributed by atoms with Crippen molar-refractivity contribution in [1.29, 1.82) is 0 Å². The van der Waals surface area contributed by atoms with E-state index in [1.165, 1.54) is 0 Å². The quantitative estimate of drug-likeness (QED) is 0.397. The van der Waals surface area contributed by atoms with Gasteiger partial charge in [-0.3, -0.25) is 9.59 Å². The third-order valence-corrected chi connectivity index (χ3v) is 1.65. The molecule has 7 heteroatoms. The van der Waals surface area contributed by atoms with Gasteiger partial charge in [-0.1, -0.05) is 0 Å². The van der Waals surface area contributed by atoms with Gasteiger partial charge >= 0.3 is 5.97 Å². The molecule has 0 saturated heterocycles. The van der Waals surface area contributed by atoms with Gasteiger partial charge in [0.15, 0.2) is 0 Å². The van der Waals surface area contributed by atoms with E-state index in [0.717, 1.165) is 0 Å². The molecule has 0 heterocycles. The normalized spacial score (nSPS) is 11.8. The average Bonchev–Trinajstić information content (AvgIpc) is 2.12. The zero-order chi connectivity index (χ0) is 11.8. The molecule has 86 valence electrons. The Morgan fingerprint density at radius 2 is 1.93 bits per heavy atom. The minimum Gasteiger partial charge on any atom is -0.480 e. The van der Waals surface area contributed by atoms with E-state index in [4.69, 9.17) is 16.6 Å². The van der Waals surface area contributed by atoms with Crippen molar-refractivity contribution < 1.29 is 19.5 Å². The van der Waals surface area contributed by atoms with E-state index >= 15 is 0 Å². The van der Waals surface area contributed by atoms with E-state index in [2.05, 4.69) is 5.32 Å². The fourth-order valence-electron chi connectivity index (χ4n) is 0.930. The van der Waals surface area contributed by atoms with Gasteiger partial charge < -0.3 is 21.9 Å². The van der Waals surface area contributed by atoms with Gasteiger partial charge in [0.2, 0.25) is 11.8 Å². The minimum atomic E-state index is -1.28. The van der Waals surface area contributed by atoms with E-state index in [0.29, 0.717) is 13.0 Å². The summed E-state index contributed by atoms with van der Waals surface area (Å²) in [6.45, 7) is 0.348. The molecule has 0 spiro atoms. The Morgan fingerprint density at radius 1 is 1.33 bits per heavy atom. The van der Waals surface area contributed by atoms with E-state index in [1.54, 1.807) is 0 Å². The first-order valence-corrected chi connectivity index (χ1v) is 4.48. The van der Waals surface area contributed by atoms with Crippen molar-refractivity contribution in [3.8, 4) is 0 Å². The number of carboxylic acid groups (broad SMARTS) is 1. The molecule has 7 nitrogen and oxygen atoms in total. The van der Waals surface area contributed by atoms with Crippen LogP contribution in [0.3, 0.4) is 0 Å². The number of hydrogen-bond acceptors (Lipinski definition) is 4. The van der Waals surface area contributed by atoms with Crippen LogP contribution in [0.1, 0.15) is 19.3 Å². The lowest BCUT2D eigenvalue weighted by molar-refractivity contribution is -0.143. The van der Waals surface area contributed by atoms with Gasteiger partial charge in [0.1, 0.15) is 6.04 Å². The van der Waals surface area contributed by atoms with Crippen LogP contribution in [0.15, 0.2) is 0 Å². The highest BCUT2D eigenvalue weighted by Gasteiger charge is 2.21.